The van der Waals surface area contributed by atoms with Gasteiger partial charge < -0.3 is 10.2 Å². The van der Waals surface area contributed by atoms with Crippen molar-refractivity contribution in [3.8, 4) is 0 Å². The molecule has 0 saturated carbocycles. The lowest BCUT2D eigenvalue weighted by Gasteiger charge is -2.11. The van der Waals surface area contributed by atoms with Crippen LogP contribution in [-0.4, -0.2) is 37.1 Å². The summed E-state index contributed by atoms with van der Waals surface area (Å²) in [4.78, 5) is 6.51. The van der Waals surface area contributed by atoms with Crippen molar-refractivity contribution in [1.29, 1.82) is 0 Å². The number of hydrogen-bond acceptors (Lipinski definition) is 3. The minimum absolute atomic E-state index is 0. The first-order chi connectivity index (χ1) is 7.09. The first-order valence-corrected chi connectivity index (χ1v) is 5.89. The summed E-state index contributed by atoms with van der Waals surface area (Å²) in [6.07, 6.45) is 2.95. The summed E-state index contributed by atoms with van der Waals surface area (Å²) in [7, 11) is 4.17. The van der Waals surface area contributed by atoms with Crippen LogP contribution in [0.25, 0.3) is 0 Å². The Kier molecular flexibility index (Phi) is 7.72. The molecule has 1 rings (SSSR count). The third-order valence-corrected chi connectivity index (χ3v) is 2.55. The van der Waals surface area contributed by atoms with E-state index in [0.717, 1.165) is 29.8 Å². The number of rotatable bonds is 5. The van der Waals surface area contributed by atoms with E-state index in [1.807, 2.05) is 6.20 Å². The summed E-state index contributed by atoms with van der Waals surface area (Å²) in [6, 6.07) is 2.07. The van der Waals surface area contributed by atoms with Gasteiger partial charge in [0.1, 0.15) is 5.82 Å². The van der Waals surface area contributed by atoms with Crippen molar-refractivity contribution < 1.29 is 0 Å². The van der Waals surface area contributed by atoms with Crippen molar-refractivity contribution in [1.82, 2.24) is 9.88 Å². The molecule has 0 aromatic carbocycles. The van der Waals surface area contributed by atoms with Gasteiger partial charge in [0.15, 0.2) is 0 Å². The third-order valence-electron chi connectivity index (χ3n) is 2.12. The van der Waals surface area contributed by atoms with Crippen LogP contribution in [0.3, 0.4) is 0 Å². The van der Waals surface area contributed by atoms with Gasteiger partial charge in [-0.3, -0.25) is 0 Å². The van der Waals surface area contributed by atoms with Gasteiger partial charge in [0.05, 0.1) is 0 Å². The molecule has 16 heavy (non-hydrogen) atoms. The molecule has 5 heteroatoms. The Morgan fingerprint density at radius 3 is 2.69 bits per heavy atom. The highest BCUT2D eigenvalue weighted by atomic mass is 79.9. The lowest BCUT2D eigenvalue weighted by Crippen LogP contribution is -2.16. The highest BCUT2D eigenvalue weighted by molar-refractivity contribution is 9.10. The van der Waals surface area contributed by atoms with Crippen LogP contribution in [-0.2, 0) is 0 Å². The van der Waals surface area contributed by atoms with Gasteiger partial charge in [-0.1, -0.05) is 0 Å². The van der Waals surface area contributed by atoms with Crippen LogP contribution in [0.2, 0.25) is 0 Å². The molecule has 0 unspecified atom stereocenters. The fourth-order valence-electron chi connectivity index (χ4n) is 1.33. The topological polar surface area (TPSA) is 28.2 Å². The molecule has 0 bridgehead atoms. The van der Waals surface area contributed by atoms with Crippen molar-refractivity contribution in [3.05, 3.63) is 22.3 Å². The molecular formula is C11H19BrClN3. The van der Waals surface area contributed by atoms with Crippen LogP contribution in [0.15, 0.2) is 16.7 Å². The molecule has 0 atom stereocenters. The molecule has 0 aliphatic heterocycles. The average molecular weight is 309 g/mol. The molecule has 92 valence electrons. The van der Waals surface area contributed by atoms with Crippen LogP contribution in [0, 0.1) is 6.92 Å². The Balaban J connectivity index is 0.00000225. The minimum atomic E-state index is 0. The van der Waals surface area contributed by atoms with Crippen molar-refractivity contribution >= 4 is 34.2 Å². The van der Waals surface area contributed by atoms with Gasteiger partial charge in [-0.25, -0.2) is 4.98 Å². The third kappa shape index (κ3) is 5.68. The van der Waals surface area contributed by atoms with E-state index in [4.69, 9.17) is 0 Å². The standard InChI is InChI=1S/C11H18BrN3.ClH/c1-9-7-10(12)8-14-11(9)13-5-4-6-15(2)3;/h7-8H,4-6H2,1-3H3,(H,13,14);1H. The summed E-state index contributed by atoms with van der Waals surface area (Å²) in [5.41, 5.74) is 1.18. The molecule has 1 heterocycles. The van der Waals surface area contributed by atoms with Gasteiger partial charge in [-0.2, -0.15) is 0 Å². The van der Waals surface area contributed by atoms with E-state index >= 15 is 0 Å². The van der Waals surface area contributed by atoms with E-state index in [2.05, 4.69) is 58.2 Å². The number of nitrogens with zero attached hydrogens (tertiary/aromatic N) is 2. The molecule has 0 aliphatic carbocycles. The second-order valence-electron chi connectivity index (χ2n) is 3.90. The summed E-state index contributed by atoms with van der Waals surface area (Å²) < 4.78 is 1.03. The SMILES string of the molecule is Cc1cc(Br)cnc1NCCCN(C)C.Cl. The number of pyridine rings is 1. The van der Waals surface area contributed by atoms with E-state index in [0.29, 0.717) is 0 Å². The maximum absolute atomic E-state index is 4.32. The zero-order valence-electron chi connectivity index (χ0n) is 9.96. The molecule has 1 aromatic rings. The molecule has 0 radical (unpaired) electrons. The van der Waals surface area contributed by atoms with Crippen molar-refractivity contribution in [2.24, 2.45) is 0 Å². The number of anilines is 1. The number of aryl methyl sites for hydroxylation is 1. The Hall–Kier alpha value is -0.320. The zero-order chi connectivity index (χ0) is 11.3. The molecule has 0 amide bonds. The first kappa shape index (κ1) is 15.7. The molecule has 1 aromatic heterocycles. The normalized spacial score (nSPS) is 10.1. The summed E-state index contributed by atoms with van der Waals surface area (Å²) in [6.45, 7) is 4.13. The van der Waals surface area contributed by atoms with Gasteiger partial charge >= 0.3 is 0 Å². The lowest BCUT2D eigenvalue weighted by atomic mass is 10.3. The monoisotopic (exact) mass is 307 g/mol. The van der Waals surface area contributed by atoms with Gasteiger partial charge in [-0.05, 0) is 61.5 Å². The highest BCUT2D eigenvalue weighted by Crippen LogP contribution is 2.16. The quantitative estimate of drug-likeness (QED) is 0.848. The Morgan fingerprint density at radius 1 is 1.44 bits per heavy atom. The van der Waals surface area contributed by atoms with Gasteiger partial charge in [0.2, 0.25) is 0 Å². The predicted octanol–water partition coefficient (Wildman–Crippen LogP) is 2.94. The second-order valence-corrected chi connectivity index (χ2v) is 4.82. The van der Waals surface area contributed by atoms with Gasteiger partial charge in [0, 0.05) is 17.2 Å². The van der Waals surface area contributed by atoms with Crippen LogP contribution < -0.4 is 5.32 Å². The predicted molar refractivity (Wildman–Crippen MR) is 75.6 cm³/mol. The van der Waals surface area contributed by atoms with Gasteiger partial charge in [-0.15, -0.1) is 12.4 Å². The Morgan fingerprint density at radius 2 is 2.12 bits per heavy atom. The number of halogens is 2. The number of aromatic nitrogens is 1. The molecule has 1 N–H and O–H groups in total. The van der Waals surface area contributed by atoms with E-state index in [1.54, 1.807) is 0 Å². The van der Waals surface area contributed by atoms with E-state index < -0.39 is 0 Å². The van der Waals surface area contributed by atoms with E-state index in [1.165, 1.54) is 5.56 Å². The van der Waals surface area contributed by atoms with Crippen LogP contribution >= 0.6 is 28.3 Å². The van der Waals surface area contributed by atoms with Gasteiger partial charge in [0.25, 0.3) is 0 Å². The molecule has 0 saturated heterocycles. The number of nitrogens with one attached hydrogen (secondary N) is 1. The minimum Gasteiger partial charge on any atom is -0.370 e. The largest absolute Gasteiger partial charge is 0.370 e. The maximum Gasteiger partial charge on any atom is 0.128 e. The molecule has 0 aliphatic rings. The number of hydrogen-bond donors (Lipinski definition) is 1. The van der Waals surface area contributed by atoms with Crippen molar-refractivity contribution in [2.45, 2.75) is 13.3 Å². The average Bonchev–Trinajstić information content (AvgIpc) is 2.14. The van der Waals surface area contributed by atoms with Crippen LogP contribution in [0.1, 0.15) is 12.0 Å². The lowest BCUT2D eigenvalue weighted by molar-refractivity contribution is 0.405. The molecule has 3 nitrogen and oxygen atoms in total. The van der Waals surface area contributed by atoms with Crippen molar-refractivity contribution in [2.75, 3.05) is 32.5 Å². The maximum atomic E-state index is 4.32. The summed E-state index contributed by atoms with van der Waals surface area (Å²) in [5.74, 6) is 0.983. The smallest absolute Gasteiger partial charge is 0.128 e. The fourth-order valence-corrected chi connectivity index (χ4v) is 1.77. The van der Waals surface area contributed by atoms with Crippen LogP contribution in [0.5, 0.6) is 0 Å². The first-order valence-electron chi connectivity index (χ1n) is 5.10. The van der Waals surface area contributed by atoms with Crippen LogP contribution in [0.4, 0.5) is 5.82 Å². The van der Waals surface area contributed by atoms with Crippen molar-refractivity contribution in [3.63, 3.8) is 0 Å². The van der Waals surface area contributed by atoms with E-state index in [9.17, 15) is 0 Å². The summed E-state index contributed by atoms with van der Waals surface area (Å²) in [5, 5.41) is 3.34. The second kappa shape index (κ2) is 7.87. The summed E-state index contributed by atoms with van der Waals surface area (Å²) >= 11 is 3.40. The Bertz CT molecular complexity index is 318. The molecular weight excluding hydrogens is 289 g/mol. The zero-order valence-corrected chi connectivity index (χ0v) is 12.4. The Labute approximate surface area is 112 Å². The fraction of sp³-hybridized carbons (Fsp3) is 0.545. The van der Waals surface area contributed by atoms with E-state index in [-0.39, 0.29) is 12.4 Å². The molecule has 0 fully saturated rings. The molecule has 0 spiro atoms. The highest BCUT2D eigenvalue weighted by Gasteiger charge is 1.99.